The summed E-state index contributed by atoms with van der Waals surface area (Å²) in [5.74, 6) is -2.94. The number of carbonyl (C=O) groups is 4. The molecule has 0 saturated carbocycles. The van der Waals surface area contributed by atoms with E-state index in [4.69, 9.17) is 26.0 Å². The highest BCUT2D eigenvalue weighted by Crippen LogP contribution is 2.69. The van der Waals surface area contributed by atoms with Crippen LogP contribution >= 0.6 is 0 Å². The molecule has 1 fully saturated rings. The Morgan fingerprint density at radius 3 is 2.51 bits per heavy atom. The molecule has 2 unspecified atom stereocenters. The Hall–Kier alpha value is -3.32. The number of aliphatic carboxylic acids is 2. The van der Waals surface area contributed by atoms with Gasteiger partial charge < -0.3 is 41.2 Å². The summed E-state index contributed by atoms with van der Waals surface area (Å²) in [6.45, 7) is 0.392. The number of esters is 1. The van der Waals surface area contributed by atoms with Gasteiger partial charge in [0.2, 0.25) is 0 Å². The van der Waals surface area contributed by atoms with Crippen LogP contribution in [0.2, 0.25) is 0 Å². The van der Waals surface area contributed by atoms with E-state index in [1.165, 1.54) is 0 Å². The largest absolute Gasteiger partial charge is 0.481 e. The van der Waals surface area contributed by atoms with E-state index in [0.717, 1.165) is 11.1 Å². The van der Waals surface area contributed by atoms with Gasteiger partial charge >= 0.3 is 17.9 Å². The van der Waals surface area contributed by atoms with Gasteiger partial charge in [-0.3, -0.25) is 19.2 Å². The van der Waals surface area contributed by atoms with E-state index in [-0.39, 0.29) is 37.0 Å². The van der Waals surface area contributed by atoms with Crippen LogP contribution in [0.25, 0.3) is 0 Å². The van der Waals surface area contributed by atoms with Crippen LogP contribution in [-0.4, -0.2) is 81.7 Å². The molecule has 39 heavy (non-hydrogen) atoms. The number of hydrogen-bond donors (Lipinski definition) is 5. The number of ether oxygens (including phenoxy) is 2. The minimum atomic E-state index is -1.42. The number of hydrogen-bond acceptors (Lipinski definition) is 10. The molecule has 2 heterocycles. The lowest BCUT2D eigenvalue weighted by atomic mass is 9.43. The highest BCUT2D eigenvalue weighted by molar-refractivity contribution is 5.87. The number of likely N-dealkylation sites (tertiary alicyclic amines) is 1. The van der Waals surface area contributed by atoms with Crippen LogP contribution in [-0.2, 0) is 42.4 Å². The smallest absolute Gasteiger partial charge is 0.321 e. The third-order valence-electron chi connectivity index (χ3n) is 9.09. The van der Waals surface area contributed by atoms with Crippen LogP contribution < -0.4 is 16.2 Å². The van der Waals surface area contributed by atoms with Crippen LogP contribution in [0.15, 0.2) is 24.0 Å². The summed E-state index contributed by atoms with van der Waals surface area (Å²) in [5, 5.41) is 28.5. The van der Waals surface area contributed by atoms with Crippen molar-refractivity contribution in [3.05, 3.63) is 40.7 Å². The summed E-state index contributed by atoms with van der Waals surface area (Å²) in [4.78, 5) is 50.9. The van der Waals surface area contributed by atoms with Crippen LogP contribution in [0, 0.1) is 5.41 Å². The van der Waals surface area contributed by atoms with Gasteiger partial charge in [-0.15, -0.1) is 0 Å². The lowest BCUT2D eigenvalue weighted by Gasteiger charge is -2.64. The monoisotopic (exact) mass is 543 g/mol. The molecule has 1 aromatic rings. The third-order valence-corrected chi connectivity index (χ3v) is 9.09. The quantitative estimate of drug-likeness (QED) is 0.244. The fourth-order valence-electron chi connectivity index (χ4n) is 7.39. The molecular formula is C27H33N3O9. The number of Topliss-reactive ketones (excluding diaryl/α,β-unsaturated/α-hetero) is 1. The first kappa shape index (κ1) is 27.3. The number of aliphatic hydroxyl groups is 1. The first-order valence-corrected chi connectivity index (χ1v) is 13.0. The van der Waals surface area contributed by atoms with Gasteiger partial charge in [-0.1, -0.05) is 12.1 Å². The maximum atomic E-state index is 13.4. The van der Waals surface area contributed by atoms with E-state index in [1.54, 1.807) is 6.08 Å². The Kier molecular flexibility index (Phi) is 6.78. The van der Waals surface area contributed by atoms with E-state index in [2.05, 4.69) is 4.90 Å². The van der Waals surface area contributed by atoms with Crippen molar-refractivity contribution >= 4 is 23.7 Å². The molecule has 4 aliphatic rings. The molecule has 1 saturated heterocycles. The molecule has 1 aromatic carbocycles. The minimum absolute atomic E-state index is 0.0483. The van der Waals surface area contributed by atoms with Crippen molar-refractivity contribution in [3.63, 3.8) is 0 Å². The number of allylic oxidation sites excluding steroid dienone is 1. The third kappa shape index (κ3) is 4.05. The number of carbonyl (C=O) groups excluding carboxylic acids is 2. The summed E-state index contributed by atoms with van der Waals surface area (Å²) in [6.07, 6.45) is 1.63. The van der Waals surface area contributed by atoms with E-state index in [0.29, 0.717) is 37.1 Å². The van der Waals surface area contributed by atoms with Crippen molar-refractivity contribution in [2.24, 2.45) is 16.9 Å². The van der Waals surface area contributed by atoms with Gasteiger partial charge in [-0.2, -0.15) is 0 Å². The number of likely N-dealkylation sites (N-methyl/N-ethyl adjacent to an activating group) is 1. The lowest BCUT2D eigenvalue weighted by molar-refractivity contribution is -0.152. The highest BCUT2D eigenvalue weighted by atomic mass is 16.6. The van der Waals surface area contributed by atoms with E-state index >= 15 is 0 Å². The van der Waals surface area contributed by atoms with E-state index in [9.17, 15) is 29.4 Å². The molecule has 0 aromatic heterocycles. The maximum absolute atomic E-state index is 13.4. The highest BCUT2D eigenvalue weighted by Gasteiger charge is 2.72. The molecule has 6 atom stereocenters. The van der Waals surface area contributed by atoms with Crippen LogP contribution in [0.1, 0.15) is 48.8 Å². The molecule has 1 spiro atoms. The van der Waals surface area contributed by atoms with Crippen LogP contribution in [0.5, 0.6) is 5.75 Å². The Morgan fingerprint density at radius 1 is 1.15 bits per heavy atom. The minimum Gasteiger partial charge on any atom is -0.481 e. The predicted molar refractivity (Wildman–Crippen MR) is 135 cm³/mol. The first-order valence-electron chi connectivity index (χ1n) is 13.0. The second kappa shape index (κ2) is 9.70. The molecule has 0 amide bonds. The molecular weight excluding hydrogens is 510 g/mol. The summed E-state index contributed by atoms with van der Waals surface area (Å²) in [5.41, 5.74) is 12.2. The number of piperidine rings is 1. The number of nitrogens with zero attached hydrogens (tertiary/aromatic N) is 1. The number of carboxylic acid groups (broad SMARTS) is 2. The molecule has 2 aliphatic heterocycles. The second-order valence-electron chi connectivity index (χ2n) is 11.1. The van der Waals surface area contributed by atoms with Crippen molar-refractivity contribution in [1.29, 1.82) is 0 Å². The van der Waals surface area contributed by atoms with E-state index in [1.807, 2.05) is 19.2 Å². The van der Waals surface area contributed by atoms with Gasteiger partial charge in [-0.25, -0.2) is 0 Å². The van der Waals surface area contributed by atoms with Gasteiger partial charge in [0.25, 0.3) is 0 Å². The molecule has 12 heteroatoms. The topological polar surface area (TPSA) is 203 Å². The second-order valence-corrected chi connectivity index (χ2v) is 11.1. The Labute approximate surface area is 224 Å². The lowest BCUT2D eigenvalue weighted by Crippen LogP contribution is -2.70. The molecule has 2 bridgehead atoms. The number of aliphatic hydroxyl groups excluding tert-OH is 1. The zero-order chi connectivity index (χ0) is 28.3. The zero-order valence-electron chi connectivity index (χ0n) is 21.6. The molecule has 0 radical (unpaired) electrons. The van der Waals surface area contributed by atoms with Crippen molar-refractivity contribution in [1.82, 2.24) is 4.90 Å². The van der Waals surface area contributed by atoms with Gasteiger partial charge in [0.15, 0.2) is 6.10 Å². The molecule has 5 rings (SSSR count). The van der Waals surface area contributed by atoms with Crippen molar-refractivity contribution in [2.45, 2.75) is 74.8 Å². The SMILES string of the molecule is CN1CCC23c4c5ccc(CO)c4OC2C(OC(=O)C[C@H](N)C(=O)O)=CC[C@@]3(CC(=O)C[C@H](N)C(=O)O)[C@H]1C5. The standard InChI is InChI=1S/C27H33N3O9/c1-30-7-6-27-21-13-2-3-14(12-31)22(21)39-23(27)18(38-20(33)10-17(29)25(36)37)4-5-26(27,19(30)8-13)11-15(32)9-16(28)24(34)35/h2-4,16-17,19,23,31H,5-12,28-29H2,1H3,(H,34,35)(H,36,37)/t16-,17-,19+,23?,26+,27?/m0/s1. The average molecular weight is 544 g/mol. The Bertz CT molecular complexity index is 1280. The number of nitrogens with two attached hydrogens (primary N) is 2. The van der Waals surface area contributed by atoms with Crippen molar-refractivity contribution < 1.29 is 44.0 Å². The summed E-state index contributed by atoms with van der Waals surface area (Å²) in [7, 11) is 2.00. The fourth-order valence-corrected chi connectivity index (χ4v) is 7.39. The Morgan fingerprint density at radius 2 is 1.85 bits per heavy atom. The van der Waals surface area contributed by atoms with Gasteiger partial charge in [0.1, 0.15) is 29.4 Å². The summed E-state index contributed by atoms with van der Waals surface area (Å²) < 4.78 is 12.2. The predicted octanol–water partition coefficient (Wildman–Crippen LogP) is -0.182. The zero-order valence-corrected chi connectivity index (χ0v) is 21.6. The van der Waals surface area contributed by atoms with Gasteiger partial charge in [0, 0.05) is 35.4 Å². The molecule has 2 aliphatic carbocycles. The average Bonchev–Trinajstić information content (AvgIpc) is 3.23. The normalized spacial score (nSPS) is 29.9. The number of rotatable bonds is 10. The molecule has 210 valence electrons. The number of benzene rings is 1. The van der Waals surface area contributed by atoms with Gasteiger partial charge in [-0.05, 0) is 44.5 Å². The van der Waals surface area contributed by atoms with Gasteiger partial charge in [0.05, 0.1) is 18.4 Å². The van der Waals surface area contributed by atoms with Crippen LogP contribution in [0.3, 0.4) is 0 Å². The molecule has 7 N–H and O–H groups in total. The fraction of sp³-hybridized carbons (Fsp3) is 0.556. The first-order chi connectivity index (χ1) is 18.4. The van der Waals surface area contributed by atoms with E-state index < -0.39 is 53.3 Å². The van der Waals surface area contributed by atoms with Crippen molar-refractivity contribution in [2.75, 3.05) is 13.6 Å². The summed E-state index contributed by atoms with van der Waals surface area (Å²) >= 11 is 0. The summed E-state index contributed by atoms with van der Waals surface area (Å²) in [6, 6.07) is 0.928. The molecule has 12 nitrogen and oxygen atoms in total. The number of ketones is 1. The van der Waals surface area contributed by atoms with Crippen LogP contribution in [0.4, 0.5) is 0 Å². The Balaban J connectivity index is 1.62. The van der Waals surface area contributed by atoms with Crippen molar-refractivity contribution in [3.8, 4) is 5.75 Å². The number of carboxylic acids is 2. The maximum Gasteiger partial charge on any atom is 0.321 e.